The van der Waals surface area contributed by atoms with Gasteiger partial charge in [-0.05, 0) is 31.9 Å². The van der Waals surface area contributed by atoms with Crippen LogP contribution in [0, 0.1) is 6.92 Å². The van der Waals surface area contributed by atoms with Gasteiger partial charge in [0.2, 0.25) is 5.60 Å². The first-order valence-electron chi connectivity index (χ1n) is 9.67. The van der Waals surface area contributed by atoms with Gasteiger partial charge in [-0.15, -0.1) is 0 Å². The normalized spacial score (nSPS) is 12.2. The molecule has 0 fully saturated rings. The fourth-order valence-electron chi connectivity index (χ4n) is 3.14. The average Bonchev–Trinajstić information content (AvgIpc) is 3.17. The van der Waals surface area contributed by atoms with Crippen LogP contribution in [-0.4, -0.2) is 29.7 Å². The minimum absolute atomic E-state index is 0.252. The lowest BCUT2D eigenvalue weighted by Gasteiger charge is -2.33. The van der Waals surface area contributed by atoms with Crippen LogP contribution >= 0.6 is 0 Å². The first kappa shape index (κ1) is 21.3. The number of aromatic nitrogens is 1. The second kappa shape index (κ2) is 9.37. The Labute approximate surface area is 175 Å². The van der Waals surface area contributed by atoms with Crippen LogP contribution in [-0.2, 0) is 24.7 Å². The second-order valence-electron chi connectivity index (χ2n) is 6.71. The maximum atomic E-state index is 13.5. The molecule has 7 nitrogen and oxygen atoms in total. The summed E-state index contributed by atoms with van der Waals surface area (Å²) in [5.74, 6) is -0.398. The highest BCUT2D eigenvalue weighted by molar-refractivity contribution is 5.95. The maximum absolute atomic E-state index is 13.5. The van der Waals surface area contributed by atoms with E-state index in [1.165, 1.54) is 6.92 Å². The first-order chi connectivity index (χ1) is 14.5. The van der Waals surface area contributed by atoms with Gasteiger partial charge in [0, 0.05) is 12.7 Å². The third-order valence-corrected chi connectivity index (χ3v) is 4.54. The number of aryl methyl sites for hydroxylation is 1. The van der Waals surface area contributed by atoms with Gasteiger partial charge in [-0.3, -0.25) is 4.79 Å². The van der Waals surface area contributed by atoms with Crippen LogP contribution in [0.1, 0.15) is 30.7 Å². The maximum Gasteiger partial charge on any atom is 0.348 e. The predicted octanol–water partition coefficient (Wildman–Crippen LogP) is 3.83. The Kier molecular flexibility index (Phi) is 6.64. The molecule has 0 aliphatic rings. The Bertz CT molecular complexity index is 946. The van der Waals surface area contributed by atoms with Gasteiger partial charge in [-0.2, -0.15) is 0 Å². The van der Waals surface area contributed by atoms with E-state index in [9.17, 15) is 9.59 Å². The standard InChI is InChI=1S/C23H24N2O5/c1-4-28-23(18-11-7-5-8-12-18,19-13-9-6-10-14-19)22(27)29-17(3)21(26)24-20-15-16(2)30-25-20/h5-15,17H,4H2,1-3H3,(H,24,25,26)/t17-/m1/s1. The van der Waals surface area contributed by atoms with Gasteiger partial charge in [0.25, 0.3) is 5.91 Å². The number of carbonyl (C=O) groups is 2. The molecular formula is C23H24N2O5. The summed E-state index contributed by atoms with van der Waals surface area (Å²) in [7, 11) is 0. The summed E-state index contributed by atoms with van der Waals surface area (Å²) < 4.78 is 16.6. The van der Waals surface area contributed by atoms with Crippen molar-refractivity contribution in [2.75, 3.05) is 11.9 Å². The number of anilines is 1. The zero-order valence-electron chi connectivity index (χ0n) is 17.1. The minimum atomic E-state index is -1.50. The van der Waals surface area contributed by atoms with E-state index in [-0.39, 0.29) is 12.4 Å². The molecule has 1 N–H and O–H groups in total. The summed E-state index contributed by atoms with van der Waals surface area (Å²) in [6, 6.07) is 19.8. The van der Waals surface area contributed by atoms with Crippen LogP contribution < -0.4 is 5.32 Å². The van der Waals surface area contributed by atoms with Crippen LogP contribution in [0.3, 0.4) is 0 Å². The van der Waals surface area contributed by atoms with Crippen molar-refractivity contribution >= 4 is 17.7 Å². The topological polar surface area (TPSA) is 90.7 Å². The molecule has 0 spiro atoms. The molecule has 7 heteroatoms. The largest absolute Gasteiger partial charge is 0.450 e. The van der Waals surface area contributed by atoms with E-state index in [0.29, 0.717) is 16.9 Å². The van der Waals surface area contributed by atoms with E-state index >= 15 is 0 Å². The molecule has 0 aliphatic carbocycles. The lowest BCUT2D eigenvalue weighted by molar-refractivity contribution is -0.174. The van der Waals surface area contributed by atoms with Crippen molar-refractivity contribution in [2.45, 2.75) is 32.5 Å². The van der Waals surface area contributed by atoms with E-state index in [2.05, 4.69) is 10.5 Å². The summed E-state index contributed by atoms with van der Waals surface area (Å²) in [5.41, 5.74) is -0.276. The Hall–Kier alpha value is -3.45. The second-order valence-corrected chi connectivity index (χ2v) is 6.71. The van der Waals surface area contributed by atoms with Crippen molar-refractivity contribution in [3.05, 3.63) is 83.6 Å². The third-order valence-electron chi connectivity index (χ3n) is 4.54. The van der Waals surface area contributed by atoms with Crippen molar-refractivity contribution in [3.8, 4) is 0 Å². The molecule has 3 aromatic rings. The summed E-state index contributed by atoms with van der Waals surface area (Å²) >= 11 is 0. The van der Waals surface area contributed by atoms with Crippen molar-refractivity contribution in [3.63, 3.8) is 0 Å². The molecule has 3 rings (SSSR count). The Morgan fingerprint density at radius 2 is 1.63 bits per heavy atom. The summed E-state index contributed by atoms with van der Waals surface area (Å²) in [6.07, 6.45) is -1.08. The number of amides is 1. The molecule has 1 heterocycles. The molecule has 1 atom stereocenters. The first-order valence-corrected chi connectivity index (χ1v) is 9.67. The molecule has 0 saturated heterocycles. The van der Waals surface area contributed by atoms with E-state index in [1.807, 2.05) is 36.4 Å². The molecule has 1 aromatic heterocycles. The Morgan fingerprint density at radius 3 is 2.10 bits per heavy atom. The van der Waals surface area contributed by atoms with Crippen molar-refractivity contribution < 1.29 is 23.6 Å². The van der Waals surface area contributed by atoms with E-state index in [1.54, 1.807) is 44.2 Å². The van der Waals surface area contributed by atoms with Crippen LogP contribution in [0.4, 0.5) is 5.82 Å². The third kappa shape index (κ3) is 4.41. The fraction of sp³-hybridized carbons (Fsp3) is 0.261. The SMILES string of the molecule is CCOC(C(=O)O[C@H](C)C(=O)Nc1cc(C)on1)(c1ccccc1)c1ccccc1. The molecule has 1 amide bonds. The minimum Gasteiger partial charge on any atom is -0.450 e. The zero-order valence-corrected chi connectivity index (χ0v) is 17.1. The highest BCUT2D eigenvalue weighted by Gasteiger charge is 2.46. The zero-order chi connectivity index (χ0) is 21.6. The van der Waals surface area contributed by atoms with Gasteiger partial charge in [0.15, 0.2) is 11.9 Å². The number of esters is 1. The molecule has 0 saturated carbocycles. The lowest BCUT2D eigenvalue weighted by atomic mass is 9.86. The van der Waals surface area contributed by atoms with Gasteiger partial charge in [0.1, 0.15) is 5.76 Å². The highest BCUT2D eigenvalue weighted by Crippen LogP contribution is 2.35. The molecule has 0 aliphatic heterocycles. The number of rotatable bonds is 8. The van der Waals surface area contributed by atoms with Gasteiger partial charge in [-0.25, -0.2) is 4.79 Å². The number of ether oxygens (including phenoxy) is 2. The molecular weight excluding hydrogens is 384 g/mol. The van der Waals surface area contributed by atoms with E-state index in [4.69, 9.17) is 14.0 Å². The fourth-order valence-corrected chi connectivity index (χ4v) is 3.14. The number of nitrogens with one attached hydrogen (secondary N) is 1. The summed E-state index contributed by atoms with van der Waals surface area (Å²) in [6.45, 7) is 5.27. The smallest absolute Gasteiger partial charge is 0.348 e. The lowest BCUT2D eigenvalue weighted by Crippen LogP contribution is -2.44. The molecule has 0 unspecified atom stereocenters. The monoisotopic (exact) mass is 408 g/mol. The molecule has 156 valence electrons. The van der Waals surface area contributed by atoms with Gasteiger partial charge < -0.3 is 19.3 Å². The number of nitrogens with zero attached hydrogens (tertiary/aromatic N) is 1. The van der Waals surface area contributed by atoms with Gasteiger partial charge in [0.05, 0.1) is 0 Å². The van der Waals surface area contributed by atoms with Crippen LogP contribution in [0.5, 0.6) is 0 Å². The summed E-state index contributed by atoms with van der Waals surface area (Å²) in [5, 5.41) is 6.29. The van der Waals surface area contributed by atoms with Crippen LogP contribution in [0.25, 0.3) is 0 Å². The number of carbonyl (C=O) groups excluding carboxylic acids is 2. The van der Waals surface area contributed by atoms with Crippen LogP contribution in [0.2, 0.25) is 0 Å². The summed E-state index contributed by atoms with van der Waals surface area (Å²) in [4.78, 5) is 26.0. The number of hydrogen-bond donors (Lipinski definition) is 1. The average molecular weight is 408 g/mol. The van der Waals surface area contributed by atoms with Crippen molar-refractivity contribution in [1.29, 1.82) is 0 Å². The number of hydrogen-bond acceptors (Lipinski definition) is 6. The molecule has 30 heavy (non-hydrogen) atoms. The van der Waals surface area contributed by atoms with E-state index < -0.39 is 23.6 Å². The Morgan fingerprint density at radius 1 is 1.07 bits per heavy atom. The van der Waals surface area contributed by atoms with Gasteiger partial charge in [-0.1, -0.05) is 65.8 Å². The Balaban J connectivity index is 1.91. The quantitative estimate of drug-likeness (QED) is 0.570. The van der Waals surface area contributed by atoms with E-state index in [0.717, 1.165) is 0 Å². The van der Waals surface area contributed by atoms with Crippen molar-refractivity contribution in [1.82, 2.24) is 5.16 Å². The predicted molar refractivity (Wildman–Crippen MR) is 111 cm³/mol. The van der Waals surface area contributed by atoms with Crippen molar-refractivity contribution in [2.24, 2.45) is 0 Å². The van der Waals surface area contributed by atoms with Crippen LogP contribution in [0.15, 0.2) is 71.3 Å². The van der Waals surface area contributed by atoms with Gasteiger partial charge >= 0.3 is 5.97 Å². The molecule has 0 radical (unpaired) electrons. The number of benzene rings is 2. The molecule has 0 bridgehead atoms. The highest BCUT2D eigenvalue weighted by atomic mass is 16.6. The molecule has 2 aromatic carbocycles.